The maximum atomic E-state index is 6.46. The summed E-state index contributed by atoms with van der Waals surface area (Å²) >= 11 is 0. The number of hydrogen-bond donors (Lipinski definition) is 1. The van der Waals surface area contributed by atoms with Gasteiger partial charge in [0.15, 0.2) is 0 Å². The number of fused-ring (bicyclic) bond motifs is 1. The largest absolute Gasteiger partial charge is 0.497 e. The Morgan fingerprint density at radius 2 is 1.76 bits per heavy atom. The van der Waals surface area contributed by atoms with Crippen molar-refractivity contribution in [2.24, 2.45) is 7.05 Å². The summed E-state index contributed by atoms with van der Waals surface area (Å²) < 4.78 is 12.6. The van der Waals surface area contributed by atoms with Crippen LogP contribution in [0.4, 0.5) is 5.82 Å². The first kappa shape index (κ1) is 26.4. The van der Waals surface area contributed by atoms with Crippen molar-refractivity contribution < 1.29 is 9.47 Å². The van der Waals surface area contributed by atoms with Crippen LogP contribution in [0.3, 0.4) is 0 Å². The Bertz CT molecular complexity index is 1730. The summed E-state index contributed by atoms with van der Waals surface area (Å²) in [6, 6.07) is 19.9. The summed E-state index contributed by atoms with van der Waals surface area (Å²) in [5.41, 5.74) is 12.8. The molecule has 2 N–H and O–H groups in total. The van der Waals surface area contributed by atoms with E-state index in [0.29, 0.717) is 46.9 Å². The third-order valence-corrected chi connectivity index (χ3v) is 7.03. The second kappa shape index (κ2) is 11.8. The van der Waals surface area contributed by atoms with Gasteiger partial charge in [-0.25, -0.2) is 15.0 Å². The summed E-state index contributed by atoms with van der Waals surface area (Å²) in [5.74, 6) is 8.30. The molecule has 5 aromatic rings. The number of nitrogens with two attached hydrogens (primary N) is 1. The minimum absolute atomic E-state index is 0.352. The number of aromatic nitrogens is 5. The van der Waals surface area contributed by atoms with E-state index in [9.17, 15) is 0 Å². The first-order chi connectivity index (χ1) is 20.1. The fraction of sp³-hybridized carbons (Fsp3) is 0.250. The fourth-order valence-electron chi connectivity index (χ4n) is 4.89. The summed E-state index contributed by atoms with van der Waals surface area (Å²) in [6.45, 7) is 3.87. The quantitative estimate of drug-likeness (QED) is 0.320. The van der Waals surface area contributed by atoms with Gasteiger partial charge in [-0.15, -0.1) is 0 Å². The lowest BCUT2D eigenvalue weighted by molar-refractivity contribution is 0.0443. The number of hydrogen-bond acceptors (Lipinski definition) is 8. The molecule has 41 heavy (non-hydrogen) atoms. The molecular formula is C32H31N7O2. The molecule has 9 nitrogen and oxygen atoms in total. The number of nitrogen functional groups attached to an aromatic ring is 1. The van der Waals surface area contributed by atoms with Crippen molar-refractivity contribution >= 4 is 16.9 Å². The van der Waals surface area contributed by atoms with Gasteiger partial charge in [0.1, 0.15) is 34.3 Å². The van der Waals surface area contributed by atoms with E-state index in [0.717, 1.165) is 54.4 Å². The summed E-state index contributed by atoms with van der Waals surface area (Å²) in [7, 11) is 3.56. The van der Waals surface area contributed by atoms with Crippen LogP contribution in [-0.2, 0) is 18.2 Å². The molecule has 4 heterocycles. The van der Waals surface area contributed by atoms with Gasteiger partial charge >= 0.3 is 0 Å². The first-order valence-electron chi connectivity index (χ1n) is 13.6. The number of benzene rings is 2. The molecule has 0 bridgehead atoms. The molecule has 9 heteroatoms. The number of ether oxygens (including phenoxy) is 2. The molecule has 0 radical (unpaired) electrons. The number of anilines is 1. The van der Waals surface area contributed by atoms with Crippen LogP contribution in [0.15, 0.2) is 66.9 Å². The molecule has 1 aliphatic rings. The van der Waals surface area contributed by atoms with Crippen molar-refractivity contribution in [3.8, 4) is 40.1 Å². The number of aryl methyl sites for hydroxylation is 1. The minimum Gasteiger partial charge on any atom is -0.497 e. The van der Waals surface area contributed by atoms with Gasteiger partial charge in [-0.05, 0) is 23.8 Å². The Morgan fingerprint density at radius 1 is 0.976 bits per heavy atom. The van der Waals surface area contributed by atoms with Crippen LogP contribution in [0, 0.1) is 11.8 Å². The standard InChI is InChI=1S/C32H31N7O2/c1-38-21-26(29(37-38)23-7-4-3-5-8-23)30-31-27(34-28(35-30)19-22-10-12-25(40-2)13-11-22)20-24(32(33)36-31)9-6-14-39-15-17-41-18-16-39/h3-5,7-8,10-13,20-21H,14-19H2,1-2H3,(H2,33,36). The van der Waals surface area contributed by atoms with Gasteiger partial charge < -0.3 is 15.2 Å². The Balaban J connectivity index is 1.46. The van der Waals surface area contributed by atoms with E-state index in [1.54, 1.807) is 11.8 Å². The lowest BCUT2D eigenvalue weighted by Crippen LogP contribution is -2.36. The van der Waals surface area contributed by atoms with Crippen molar-refractivity contribution in [1.82, 2.24) is 29.6 Å². The topological polar surface area (TPSA) is 104 Å². The molecule has 3 aromatic heterocycles. The van der Waals surface area contributed by atoms with E-state index in [1.165, 1.54) is 0 Å². The van der Waals surface area contributed by atoms with Crippen LogP contribution in [0.1, 0.15) is 17.0 Å². The highest BCUT2D eigenvalue weighted by atomic mass is 16.5. The molecule has 0 atom stereocenters. The Hall–Kier alpha value is -4.78. The second-order valence-electron chi connectivity index (χ2n) is 9.92. The van der Waals surface area contributed by atoms with E-state index in [-0.39, 0.29) is 0 Å². The van der Waals surface area contributed by atoms with Crippen LogP contribution in [0.2, 0.25) is 0 Å². The third-order valence-electron chi connectivity index (χ3n) is 7.03. The van der Waals surface area contributed by atoms with Crippen LogP contribution < -0.4 is 10.5 Å². The van der Waals surface area contributed by atoms with E-state index >= 15 is 0 Å². The third kappa shape index (κ3) is 5.89. The van der Waals surface area contributed by atoms with Crippen LogP contribution in [0.5, 0.6) is 5.75 Å². The van der Waals surface area contributed by atoms with Crippen LogP contribution in [-0.4, -0.2) is 69.6 Å². The number of nitrogens with zero attached hydrogens (tertiary/aromatic N) is 6. The van der Waals surface area contributed by atoms with E-state index in [1.807, 2.05) is 73.9 Å². The lowest BCUT2D eigenvalue weighted by Gasteiger charge is -2.24. The molecule has 0 spiro atoms. The molecule has 1 fully saturated rings. The Morgan fingerprint density at radius 3 is 2.51 bits per heavy atom. The van der Waals surface area contributed by atoms with Gasteiger partial charge in [0.25, 0.3) is 0 Å². The smallest absolute Gasteiger partial charge is 0.140 e. The normalized spacial score (nSPS) is 13.6. The highest BCUT2D eigenvalue weighted by Crippen LogP contribution is 2.34. The predicted octanol–water partition coefficient (Wildman–Crippen LogP) is 3.96. The zero-order valence-corrected chi connectivity index (χ0v) is 23.2. The fourth-order valence-corrected chi connectivity index (χ4v) is 4.89. The van der Waals surface area contributed by atoms with Gasteiger partial charge in [0.05, 0.1) is 37.9 Å². The summed E-state index contributed by atoms with van der Waals surface area (Å²) in [6.07, 6.45) is 2.51. The van der Waals surface area contributed by atoms with E-state index in [4.69, 9.17) is 35.3 Å². The van der Waals surface area contributed by atoms with E-state index < -0.39 is 0 Å². The SMILES string of the molecule is COc1ccc(Cc2nc(-c3cn(C)nc3-c3ccccc3)c3nc(N)c(C#CCN4CCOCC4)cc3n2)cc1. The molecule has 1 aliphatic heterocycles. The molecule has 1 saturated heterocycles. The summed E-state index contributed by atoms with van der Waals surface area (Å²) in [4.78, 5) is 17.0. The highest BCUT2D eigenvalue weighted by Gasteiger charge is 2.20. The maximum absolute atomic E-state index is 6.46. The molecule has 0 saturated carbocycles. The van der Waals surface area contributed by atoms with Crippen LogP contribution in [0.25, 0.3) is 33.5 Å². The number of rotatable bonds is 6. The van der Waals surface area contributed by atoms with Crippen molar-refractivity contribution in [2.75, 3.05) is 45.7 Å². The van der Waals surface area contributed by atoms with Crippen molar-refractivity contribution in [1.29, 1.82) is 0 Å². The molecule has 2 aromatic carbocycles. The zero-order chi connectivity index (χ0) is 28.2. The van der Waals surface area contributed by atoms with Gasteiger partial charge in [0, 0.05) is 43.9 Å². The van der Waals surface area contributed by atoms with Crippen molar-refractivity contribution in [3.63, 3.8) is 0 Å². The van der Waals surface area contributed by atoms with Gasteiger partial charge in [-0.1, -0.05) is 54.3 Å². The van der Waals surface area contributed by atoms with Crippen LogP contribution >= 0.6 is 0 Å². The van der Waals surface area contributed by atoms with Gasteiger partial charge in [0.2, 0.25) is 0 Å². The average Bonchev–Trinajstić information content (AvgIpc) is 3.40. The number of methoxy groups -OCH3 is 1. The minimum atomic E-state index is 0.352. The maximum Gasteiger partial charge on any atom is 0.140 e. The highest BCUT2D eigenvalue weighted by molar-refractivity contribution is 5.95. The zero-order valence-electron chi connectivity index (χ0n) is 23.2. The predicted molar refractivity (Wildman–Crippen MR) is 159 cm³/mol. The molecule has 0 amide bonds. The second-order valence-corrected chi connectivity index (χ2v) is 9.92. The Labute approximate surface area is 239 Å². The van der Waals surface area contributed by atoms with Gasteiger partial charge in [-0.3, -0.25) is 9.58 Å². The first-order valence-corrected chi connectivity index (χ1v) is 13.6. The van der Waals surface area contributed by atoms with Crippen molar-refractivity contribution in [2.45, 2.75) is 6.42 Å². The molecular weight excluding hydrogens is 514 g/mol. The average molecular weight is 546 g/mol. The lowest BCUT2D eigenvalue weighted by atomic mass is 10.0. The Kier molecular flexibility index (Phi) is 7.58. The molecule has 206 valence electrons. The monoisotopic (exact) mass is 545 g/mol. The molecule has 0 unspecified atom stereocenters. The molecule has 6 rings (SSSR count). The van der Waals surface area contributed by atoms with Crippen molar-refractivity contribution in [3.05, 3.63) is 83.8 Å². The molecule has 0 aliphatic carbocycles. The number of pyridine rings is 1. The van der Waals surface area contributed by atoms with E-state index in [2.05, 4.69) is 16.7 Å². The summed E-state index contributed by atoms with van der Waals surface area (Å²) in [5, 5.41) is 4.77. The number of morpholine rings is 1. The van der Waals surface area contributed by atoms with Gasteiger partial charge in [-0.2, -0.15) is 5.10 Å².